The maximum absolute atomic E-state index is 12.3. The first kappa shape index (κ1) is 19.4. The lowest BCUT2D eigenvalue weighted by Gasteiger charge is -2.21. The highest BCUT2D eigenvalue weighted by atomic mass is 32.2. The predicted molar refractivity (Wildman–Crippen MR) is 110 cm³/mol. The van der Waals surface area contributed by atoms with Crippen molar-refractivity contribution in [1.29, 1.82) is 5.26 Å². The highest BCUT2D eigenvalue weighted by Gasteiger charge is 2.19. The van der Waals surface area contributed by atoms with E-state index in [1.54, 1.807) is 0 Å². The van der Waals surface area contributed by atoms with E-state index in [1.807, 2.05) is 38.1 Å². The Bertz CT molecular complexity index is 901. The van der Waals surface area contributed by atoms with Crippen molar-refractivity contribution in [2.24, 2.45) is 5.92 Å². The number of nitriles is 1. The van der Waals surface area contributed by atoms with Crippen molar-refractivity contribution in [1.82, 2.24) is 4.98 Å². The van der Waals surface area contributed by atoms with E-state index >= 15 is 0 Å². The Morgan fingerprint density at radius 1 is 1.41 bits per heavy atom. The lowest BCUT2D eigenvalue weighted by molar-refractivity contribution is -0.115. The maximum atomic E-state index is 12.3. The van der Waals surface area contributed by atoms with Gasteiger partial charge < -0.3 is 5.32 Å². The van der Waals surface area contributed by atoms with Crippen LogP contribution in [-0.2, 0) is 17.6 Å². The third kappa shape index (κ3) is 4.70. The molecule has 140 valence electrons. The monoisotopic (exact) mass is 379 g/mol. The number of benzene rings is 1. The van der Waals surface area contributed by atoms with Gasteiger partial charge in [-0.2, -0.15) is 5.26 Å². The minimum absolute atomic E-state index is 0.0125. The molecule has 0 radical (unpaired) electrons. The van der Waals surface area contributed by atoms with Gasteiger partial charge in [-0.25, -0.2) is 4.98 Å². The molecule has 1 heterocycles. The van der Waals surface area contributed by atoms with Crippen molar-refractivity contribution in [3.8, 4) is 6.07 Å². The van der Waals surface area contributed by atoms with Crippen LogP contribution in [0.25, 0.3) is 0 Å². The number of anilines is 1. The van der Waals surface area contributed by atoms with Crippen LogP contribution in [0.1, 0.15) is 47.7 Å². The smallest absolute Gasteiger partial charge is 0.225 e. The van der Waals surface area contributed by atoms with Crippen LogP contribution in [0, 0.1) is 31.1 Å². The molecular formula is C22H25N3OS. The second kappa shape index (κ2) is 8.58. The van der Waals surface area contributed by atoms with E-state index in [-0.39, 0.29) is 5.91 Å². The molecule has 1 atom stereocenters. The van der Waals surface area contributed by atoms with E-state index in [4.69, 9.17) is 4.98 Å². The standard InChI is InChI=1S/C22H25N3OS/c1-14-7-8-20-17(11-14)12-18(13-23)22(25-20)27-10-9-21(26)24-19-6-4-5-15(2)16(19)3/h4-6,12,14H,7-11H2,1-3H3,(H,24,26). The number of rotatable bonds is 5. The van der Waals surface area contributed by atoms with E-state index in [0.717, 1.165) is 46.8 Å². The third-order valence-electron chi connectivity index (χ3n) is 5.17. The molecule has 0 bridgehead atoms. The van der Waals surface area contributed by atoms with Crippen LogP contribution in [-0.4, -0.2) is 16.6 Å². The van der Waals surface area contributed by atoms with Crippen molar-refractivity contribution >= 4 is 23.4 Å². The molecule has 1 aromatic carbocycles. The summed E-state index contributed by atoms with van der Waals surface area (Å²) in [6.45, 7) is 6.29. The molecule has 1 unspecified atom stereocenters. The molecule has 3 rings (SSSR count). The second-order valence-electron chi connectivity index (χ2n) is 7.30. The normalized spacial score (nSPS) is 15.7. The number of amides is 1. The van der Waals surface area contributed by atoms with Crippen molar-refractivity contribution in [2.75, 3.05) is 11.1 Å². The first-order valence-corrected chi connectivity index (χ1v) is 10.4. The molecule has 0 saturated carbocycles. The fourth-order valence-electron chi connectivity index (χ4n) is 3.36. The zero-order valence-corrected chi connectivity index (χ0v) is 16.9. The Balaban J connectivity index is 1.61. The van der Waals surface area contributed by atoms with Gasteiger partial charge in [0.1, 0.15) is 11.1 Å². The second-order valence-corrected chi connectivity index (χ2v) is 8.38. The van der Waals surface area contributed by atoms with Crippen LogP contribution in [0.4, 0.5) is 5.69 Å². The van der Waals surface area contributed by atoms with E-state index in [9.17, 15) is 10.1 Å². The van der Waals surface area contributed by atoms with Crippen LogP contribution >= 0.6 is 11.8 Å². The summed E-state index contributed by atoms with van der Waals surface area (Å²) in [5.74, 6) is 1.24. The van der Waals surface area contributed by atoms with Crippen LogP contribution in [0.15, 0.2) is 29.3 Å². The molecule has 1 N–H and O–H groups in total. The number of aryl methyl sites for hydroxylation is 2. The minimum Gasteiger partial charge on any atom is -0.326 e. The molecule has 0 spiro atoms. The number of hydrogen-bond donors (Lipinski definition) is 1. The van der Waals surface area contributed by atoms with Crippen LogP contribution < -0.4 is 5.32 Å². The SMILES string of the molecule is Cc1cccc(NC(=O)CCSc2nc3c(cc2C#N)CC(C)CC3)c1C. The Kier molecular flexibility index (Phi) is 6.18. The third-order valence-corrected chi connectivity index (χ3v) is 6.16. The van der Waals surface area contributed by atoms with Crippen LogP contribution in [0.3, 0.4) is 0 Å². The molecule has 0 aliphatic heterocycles. The summed E-state index contributed by atoms with van der Waals surface area (Å²) < 4.78 is 0. The summed E-state index contributed by atoms with van der Waals surface area (Å²) in [5.41, 5.74) is 6.08. The quantitative estimate of drug-likeness (QED) is 0.757. The summed E-state index contributed by atoms with van der Waals surface area (Å²) >= 11 is 1.50. The average Bonchev–Trinajstić information content (AvgIpc) is 2.65. The lowest BCUT2D eigenvalue weighted by Crippen LogP contribution is -2.15. The van der Waals surface area contributed by atoms with Crippen molar-refractivity contribution < 1.29 is 4.79 Å². The van der Waals surface area contributed by atoms with Gasteiger partial charge in [-0.05, 0) is 67.9 Å². The molecule has 1 aromatic heterocycles. The lowest BCUT2D eigenvalue weighted by atomic mass is 9.87. The molecule has 1 aliphatic carbocycles. The maximum Gasteiger partial charge on any atom is 0.225 e. The number of thioether (sulfide) groups is 1. The summed E-state index contributed by atoms with van der Waals surface area (Å²) in [6, 6.07) is 10.2. The number of nitrogens with zero attached hydrogens (tertiary/aromatic N) is 2. The van der Waals surface area contributed by atoms with Gasteiger partial charge in [0.2, 0.25) is 5.91 Å². The highest BCUT2D eigenvalue weighted by molar-refractivity contribution is 7.99. The van der Waals surface area contributed by atoms with Gasteiger partial charge in [-0.1, -0.05) is 19.1 Å². The van der Waals surface area contributed by atoms with Crippen molar-refractivity contribution in [2.45, 2.75) is 51.5 Å². The van der Waals surface area contributed by atoms with E-state index in [0.29, 0.717) is 23.7 Å². The molecule has 1 aliphatic rings. The Labute approximate surface area is 165 Å². The fourth-order valence-corrected chi connectivity index (χ4v) is 4.27. The summed E-state index contributed by atoms with van der Waals surface area (Å²) in [5, 5.41) is 13.2. The molecule has 27 heavy (non-hydrogen) atoms. The van der Waals surface area contributed by atoms with Gasteiger partial charge >= 0.3 is 0 Å². The molecule has 2 aromatic rings. The first-order chi connectivity index (χ1) is 13.0. The summed E-state index contributed by atoms with van der Waals surface area (Å²) in [7, 11) is 0. The number of carbonyl (C=O) groups is 1. The molecular weight excluding hydrogens is 354 g/mol. The fraction of sp³-hybridized carbons (Fsp3) is 0.409. The average molecular weight is 380 g/mol. The summed E-state index contributed by atoms with van der Waals surface area (Å²) in [4.78, 5) is 17.0. The Morgan fingerprint density at radius 2 is 2.22 bits per heavy atom. The van der Waals surface area contributed by atoms with Gasteiger partial charge in [0, 0.05) is 23.6 Å². The molecule has 4 nitrogen and oxygen atoms in total. The number of nitrogens with one attached hydrogen (secondary N) is 1. The molecule has 5 heteroatoms. The van der Waals surface area contributed by atoms with Gasteiger partial charge in [0.05, 0.1) is 5.56 Å². The van der Waals surface area contributed by atoms with Crippen molar-refractivity contribution in [3.63, 3.8) is 0 Å². The van der Waals surface area contributed by atoms with Crippen LogP contribution in [0.5, 0.6) is 0 Å². The Hall–Kier alpha value is -2.32. The van der Waals surface area contributed by atoms with E-state index in [1.165, 1.54) is 17.3 Å². The molecule has 0 saturated heterocycles. The molecule has 0 fully saturated rings. The van der Waals surface area contributed by atoms with Gasteiger partial charge in [0.25, 0.3) is 0 Å². The number of fused-ring (bicyclic) bond motifs is 1. The predicted octanol–water partition coefficient (Wildman–Crippen LogP) is 4.82. The van der Waals surface area contributed by atoms with E-state index in [2.05, 4.69) is 18.3 Å². The summed E-state index contributed by atoms with van der Waals surface area (Å²) in [6.07, 6.45) is 3.51. The minimum atomic E-state index is -0.0125. The zero-order chi connectivity index (χ0) is 19.4. The first-order valence-electron chi connectivity index (χ1n) is 9.39. The molecule has 1 amide bonds. The number of pyridine rings is 1. The largest absolute Gasteiger partial charge is 0.326 e. The van der Waals surface area contributed by atoms with E-state index < -0.39 is 0 Å². The Morgan fingerprint density at radius 3 is 3.00 bits per heavy atom. The van der Waals surface area contributed by atoms with Gasteiger partial charge in [0.15, 0.2) is 0 Å². The van der Waals surface area contributed by atoms with Gasteiger partial charge in [-0.3, -0.25) is 4.79 Å². The van der Waals surface area contributed by atoms with Crippen LogP contribution in [0.2, 0.25) is 0 Å². The highest BCUT2D eigenvalue weighted by Crippen LogP contribution is 2.29. The number of hydrogen-bond acceptors (Lipinski definition) is 4. The van der Waals surface area contributed by atoms with Gasteiger partial charge in [-0.15, -0.1) is 11.8 Å². The zero-order valence-electron chi connectivity index (χ0n) is 16.1. The topological polar surface area (TPSA) is 65.8 Å². The number of carbonyl (C=O) groups excluding carboxylic acids is 1. The number of aromatic nitrogens is 1. The van der Waals surface area contributed by atoms with Crippen molar-refractivity contribution in [3.05, 3.63) is 52.2 Å².